The van der Waals surface area contributed by atoms with Crippen LogP contribution >= 0.6 is 0 Å². The van der Waals surface area contributed by atoms with Gasteiger partial charge in [-0.1, -0.05) is 33.1 Å². The molecule has 1 saturated carbocycles. The molecule has 0 aliphatic heterocycles. The summed E-state index contributed by atoms with van der Waals surface area (Å²) in [6, 6.07) is 0. The van der Waals surface area contributed by atoms with Gasteiger partial charge in [-0.15, -0.1) is 10.2 Å². The standard InChI is InChI=1S/C17H29N3O3/c1-4-12(2)17(3,22)11-18-14(21)9-10-15-19-20-16(23-15)13-7-5-6-8-13/h12-13,22H,4-11H2,1-3H3,(H,18,21). The molecular weight excluding hydrogens is 294 g/mol. The van der Waals surface area contributed by atoms with Gasteiger partial charge in [0.15, 0.2) is 0 Å². The number of hydrogen-bond donors (Lipinski definition) is 2. The van der Waals surface area contributed by atoms with Crippen molar-refractivity contribution < 1.29 is 14.3 Å². The summed E-state index contributed by atoms with van der Waals surface area (Å²) in [5.41, 5.74) is -0.884. The zero-order valence-electron chi connectivity index (χ0n) is 14.5. The topological polar surface area (TPSA) is 88.2 Å². The molecule has 2 atom stereocenters. The summed E-state index contributed by atoms with van der Waals surface area (Å²) >= 11 is 0. The lowest BCUT2D eigenvalue weighted by Gasteiger charge is -2.29. The second-order valence-electron chi connectivity index (χ2n) is 6.96. The highest BCUT2D eigenvalue weighted by molar-refractivity contribution is 5.76. The quantitative estimate of drug-likeness (QED) is 0.767. The first-order chi connectivity index (χ1) is 10.9. The first-order valence-electron chi connectivity index (χ1n) is 8.73. The summed E-state index contributed by atoms with van der Waals surface area (Å²) < 4.78 is 5.67. The fraction of sp³-hybridized carbons (Fsp3) is 0.824. The second-order valence-corrected chi connectivity index (χ2v) is 6.96. The zero-order chi connectivity index (χ0) is 16.9. The van der Waals surface area contributed by atoms with E-state index in [0.717, 1.165) is 25.2 Å². The van der Waals surface area contributed by atoms with Crippen molar-refractivity contribution in [3.63, 3.8) is 0 Å². The summed E-state index contributed by atoms with van der Waals surface area (Å²) in [6.07, 6.45) is 6.29. The Bertz CT molecular complexity index is 507. The van der Waals surface area contributed by atoms with Gasteiger partial charge in [-0.25, -0.2) is 0 Å². The van der Waals surface area contributed by atoms with E-state index in [2.05, 4.69) is 15.5 Å². The van der Waals surface area contributed by atoms with E-state index < -0.39 is 5.60 Å². The number of aliphatic hydroxyl groups is 1. The number of amides is 1. The monoisotopic (exact) mass is 323 g/mol. The molecule has 0 bridgehead atoms. The number of carbonyl (C=O) groups is 1. The lowest BCUT2D eigenvalue weighted by atomic mass is 9.88. The van der Waals surface area contributed by atoms with Gasteiger partial charge in [0.1, 0.15) is 0 Å². The van der Waals surface area contributed by atoms with Gasteiger partial charge in [-0.05, 0) is 25.7 Å². The maximum atomic E-state index is 11.9. The van der Waals surface area contributed by atoms with Crippen LogP contribution in [0.1, 0.15) is 77.0 Å². The minimum atomic E-state index is -0.884. The van der Waals surface area contributed by atoms with Crippen molar-refractivity contribution in [3.8, 4) is 0 Å². The van der Waals surface area contributed by atoms with Crippen LogP contribution in [0.3, 0.4) is 0 Å². The average molecular weight is 323 g/mol. The van der Waals surface area contributed by atoms with Gasteiger partial charge in [0.05, 0.1) is 5.60 Å². The van der Waals surface area contributed by atoms with Crippen molar-refractivity contribution >= 4 is 5.91 Å². The Morgan fingerprint density at radius 3 is 2.78 bits per heavy atom. The summed E-state index contributed by atoms with van der Waals surface area (Å²) in [5.74, 6) is 1.67. The largest absolute Gasteiger partial charge is 0.425 e. The van der Waals surface area contributed by atoms with Gasteiger partial charge in [-0.2, -0.15) is 0 Å². The number of aryl methyl sites for hydroxylation is 1. The van der Waals surface area contributed by atoms with Crippen LogP contribution in [0.5, 0.6) is 0 Å². The van der Waals surface area contributed by atoms with Gasteiger partial charge >= 0.3 is 0 Å². The Kier molecular flexibility index (Phi) is 6.16. The first kappa shape index (κ1) is 17.9. The molecule has 1 amide bonds. The van der Waals surface area contributed by atoms with Crippen LogP contribution in [-0.4, -0.2) is 33.4 Å². The van der Waals surface area contributed by atoms with Gasteiger partial charge < -0.3 is 14.8 Å². The lowest BCUT2D eigenvalue weighted by Crippen LogP contribution is -2.45. The van der Waals surface area contributed by atoms with Crippen LogP contribution in [-0.2, 0) is 11.2 Å². The van der Waals surface area contributed by atoms with Gasteiger partial charge in [0.2, 0.25) is 17.7 Å². The second kappa shape index (κ2) is 7.90. The number of rotatable bonds is 8. The molecule has 1 heterocycles. The third kappa shape index (κ3) is 5.03. The Morgan fingerprint density at radius 1 is 1.43 bits per heavy atom. The predicted molar refractivity (Wildman–Crippen MR) is 86.9 cm³/mol. The van der Waals surface area contributed by atoms with E-state index in [0.29, 0.717) is 24.7 Å². The Hall–Kier alpha value is -1.43. The van der Waals surface area contributed by atoms with E-state index in [1.54, 1.807) is 6.92 Å². The lowest BCUT2D eigenvalue weighted by molar-refractivity contribution is -0.122. The molecule has 0 aromatic carbocycles. The Labute approximate surface area is 138 Å². The van der Waals surface area contributed by atoms with Crippen molar-refractivity contribution in [2.24, 2.45) is 5.92 Å². The molecule has 6 heteroatoms. The van der Waals surface area contributed by atoms with Crippen LogP contribution in [0.2, 0.25) is 0 Å². The predicted octanol–water partition coefficient (Wildman–Crippen LogP) is 2.57. The normalized spacial score (nSPS) is 19.5. The number of nitrogens with zero attached hydrogens (tertiary/aromatic N) is 2. The van der Waals surface area contributed by atoms with Crippen LogP contribution in [0, 0.1) is 5.92 Å². The van der Waals surface area contributed by atoms with Crippen molar-refractivity contribution in [2.75, 3.05) is 6.54 Å². The molecule has 23 heavy (non-hydrogen) atoms. The number of aromatic nitrogens is 2. The number of carbonyl (C=O) groups excluding carboxylic acids is 1. The molecule has 2 N–H and O–H groups in total. The van der Waals surface area contributed by atoms with Crippen LogP contribution < -0.4 is 5.32 Å². The molecule has 1 aliphatic carbocycles. The summed E-state index contributed by atoms with van der Waals surface area (Å²) in [5, 5.41) is 21.2. The molecule has 0 radical (unpaired) electrons. The van der Waals surface area contributed by atoms with Gasteiger partial charge in [0, 0.05) is 25.3 Å². The molecule has 130 valence electrons. The molecule has 0 spiro atoms. The smallest absolute Gasteiger partial charge is 0.220 e. The van der Waals surface area contributed by atoms with E-state index in [1.807, 2.05) is 13.8 Å². The van der Waals surface area contributed by atoms with E-state index in [1.165, 1.54) is 12.8 Å². The highest BCUT2D eigenvalue weighted by Crippen LogP contribution is 2.33. The average Bonchev–Trinajstić information content (AvgIpc) is 3.20. The highest BCUT2D eigenvalue weighted by atomic mass is 16.4. The molecule has 2 unspecified atom stereocenters. The van der Waals surface area contributed by atoms with Gasteiger partial charge in [-0.3, -0.25) is 4.79 Å². The minimum Gasteiger partial charge on any atom is -0.425 e. The fourth-order valence-electron chi connectivity index (χ4n) is 2.91. The van der Waals surface area contributed by atoms with E-state index in [9.17, 15) is 9.90 Å². The first-order valence-corrected chi connectivity index (χ1v) is 8.73. The SMILES string of the molecule is CCC(C)C(C)(O)CNC(=O)CCc1nnc(C2CCCC2)o1. The molecule has 1 aliphatic rings. The third-order valence-corrected chi connectivity index (χ3v) is 5.07. The maximum absolute atomic E-state index is 11.9. The van der Waals surface area contributed by atoms with E-state index >= 15 is 0 Å². The van der Waals surface area contributed by atoms with Gasteiger partial charge in [0.25, 0.3) is 0 Å². The van der Waals surface area contributed by atoms with Crippen molar-refractivity contribution in [2.45, 2.75) is 77.2 Å². The minimum absolute atomic E-state index is 0.103. The Morgan fingerprint density at radius 2 is 2.13 bits per heavy atom. The molecule has 1 aromatic rings. The molecule has 2 rings (SSSR count). The molecule has 1 fully saturated rings. The molecular formula is C17H29N3O3. The molecule has 6 nitrogen and oxygen atoms in total. The summed E-state index contributed by atoms with van der Waals surface area (Å²) in [6.45, 7) is 6.03. The van der Waals surface area contributed by atoms with E-state index in [-0.39, 0.29) is 18.4 Å². The third-order valence-electron chi connectivity index (χ3n) is 5.07. The zero-order valence-corrected chi connectivity index (χ0v) is 14.5. The van der Waals surface area contributed by atoms with Crippen LogP contribution in [0.25, 0.3) is 0 Å². The molecule has 0 saturated heterocycles. The number of nitrogens with one attached hydrogen (secondary N) is 1. The van der Waals surface area contributed by atoms with E-state index in [4.69, 9.17) is 4.42 Å². The van der Waals surface area contributed by atoms with Crippen molar-refractivity contribution in [1.29, 1.82) is 0 Å². The van der Waals surface area contributed by atoms with Crippen molar-refractivity contribution in [1.82, 2.24) is 15.5 Å². The van der Waals surface area contributed by atoms with Crippen LogP contribution in [0.4, 0.5) is 0 Å². The molecule has 1 aromatic heterocycles. The highest BCUT2D eigenvalue weighted by Gasteiger charge is 2.27. The summed E-state index contributed by atoms with van der Waals surface area (Å²) in [4.78, 5) is 11.9. The van der Waals surface area contributed by atoms with Crippen LogP contribution in [0.15, 0.2) is 4.42 Å². The Balaban J connectivity index is 1.74. The summed E-state index contributed by atoms with van der Waals surface area (Å²) in [7, 11) is 0. The fourth-order valence-corrected chi connectivity index (χ4v) is 2.91. The maximum Gasteiger partial charge on any atom is 0.220 e. The number of hydrogen-bond acceptors (Lipinski definition) is 5. The van der Waals surface area contributed by atoms with Crippen molar-refractivity contribution in [3.05, 3.63) is 11.8 Å².